The molecule has 3 rings (SSSR count). The molecule has 2 aliphatic heterocycles. The summed E-state index contributed by atoms with van der Waals surface area (Å²) in [5.41, 5.74) is 1.78. The Morgan fingerprint density at radius 1 is 1.32 bits per heavy atom. The van der Waals surface area contributed by atoms with E-state index in [2.05, 4.69) is 15.5 Å². The molecule has 102 valence electrons. The van der Waals surface area contributed by atoms with Gasteiger partial charge in [-0.2, -0.15) is 0 Å². The van der Waals surface area contributed by atoms with E-state index in [4.69, 9.17) is 0 Å². The van der Waals surface area contributed by atoms with Crippen molar-refractivity contribution < 1.29 is 4.79 Å². The number of amides is 1. The third kappa shape index (κ3) is 2.59. The van der Waals surface area contributed by atoms with Crippen LogP contribution in [-0.4, -0.2) is 43.5 Å². The lowest BCUT2D eigenvalue weighted by molar-refractivity contribution is 0.0963. The lowest BCUT2D eigenvalue weighted by atomic mass is 9.94. The van der Waals surface area contributed by atoms with E-state index >= 15 is 0 Å². The predicted octanol–water partition coefficient (Wildman–Crippen LogP) is 1.55. The van der Waals surface area contributed by atoms with Crippen LogP contribution in [0.1, 0.15) is 23.2 Å². The largest absolute Gasteiger partial charge is 0.382 e. The number of nitrogens with zero attached hydrogens (tertiary/aromatic N) is 1. The van der Waals surface area contributed by atoms with Gasteiger partial charge in [0.15, 0.2) is 0 Å². The molecule has 4 nitrogen and oxygen atoms in total. The highest BCUT2D eigenvalue weighted by Gasteiger charge is 2.34. The first kappa shape index (κ1) is 12.5. The van der Waals surface area contributed by atoms with Crippen molar-refractivity contribution in [2.75, 3.05) is 32.0 Å². The molecular formula is C15H21N3O. The second-order valence-corrected chi connectivity index (χ2v) is 5.55. The standard InChI is InChI=1S/C15H21N3O/c1-16-15(19)11-3-2-4-13(9-11)17-14-6-8-18-7-5-12(14)10-18/h2-4,9,12,14,17H,5-8,10H2,1H3,(H,16,19). The molecule has 3 atom stereocenters. The Morgan fingerprint density at radius 2 is 2.16 bits per heavy atom. The number of carbonyl (C=O) groups excluding carboxylic acids is 1. The summed E-state index contributed by atoms with van der Waals surface area (Å²) in [5.74, 6) is 0.733. The molecule has 0 spiro atoms. The number of anilines is 1. The zero-order valence-corrected chi connectivity index (χ0v) is 11.4. The number of carbonyl (C=O) groups is 1. The van der Waals surface area contributed by atoms with E-state index in [1.165, 1.54) is 32.5 Å². The molecule has 0 saturated carbocycles. The van der Waals surface area contributed by atoms with Gasteiger partial charge in [-0.05, 0) is 43.5 Å². The first-order valence-corrected chi connectivity index (χ1v) is 7.07. The van der Waals surface area contributed by atoms with Crippen LogP contribution < -0.4 is 10.6 Å². The quantitative estimate of drug-likeness (QED) is 0.865. The average Bonchev–Trinajstić information content (AvgIpc) is 2.84. The molecule has 2 N–H and O–H groups in total. The van der Waals surface area contributed by atoms with Crippen LogP contribution in [0.25, 0.3) is 0 Å². The van der Waals surface area contributed by atoms with E-state index in [1.54, 1.807) is 7.05 Å². The van der Waals surface area contributed by atoms with E-state index in [9.17, 15) is 4.79 Å². The van der Waals surface area contributed by atoms with Gasteiger partial charge in [0.1, 0.15) is 0 Å². The first-order chi connectivity index (χ1) is 9.26. The molecule has 2 saturated heterocycles. The smallest absolute Gasteiger partial charge is 0.251 e. The maximum absolute atomic E-state index is 11.6. The molecule has 4 heteroatoms. The second kappa shape index (κ2) is 5.21. The number of hydrogen-bond acceptors (Lipinski definition) is 3. The predicted molar refractivity (Wildman–Crippen MR) is 76.4 cm³/mol. The lowest BCUT2D eigenvalue weighted by Crippen LogP contribution is -2.39. The van der Waals surface area contributed by atoms with E-state index in [0.717, 1.165) is 17.2 Å². The molecule has 0 aliphatic carbocycles. The van der Waals surface area contributed by atoms with Crippen LogP contribution in [0.3, 0.4) is 0 Å². The van der Waals surface area contributed by atoms with Crippen LogP contribution >= 0.6 is 0 Å². The van der Waals surface area contributed by atoms with Crippen LogP contribution in [0.5, 0.6) is 0 Å². The average molecular weight is 259 g/mol. The first-order valence-electron chi connectivity index (χ1n) is 7.07. The van der Waals surface area contributed by atoms with Gasteiger partial charge in [-0.25, -0.2) is 0 Å². The molecule has 2 aliphatic rings. The minimum atomic E-state index is -0.0284. The van der Waals surface area contributed by atoms with Crippen molar-refractivity contribution in [1.82, 2.24) is 10.2 Å². The molecule has 2 bridgehead atoms. The number of fused-ring (bicyclic) bond motifs is 2. The zero-order valence-electron chi connectivity index (χ0n) is 11.4. The number of benzene rings is 1. The van der Waals surface area contributed by atoms with Gasteiger partial charge in [0, 0.05) is 37.4 Å². The Balaban J connectivity index is 1.71. The monoisotopic (exact) mass is 259 g/mol. The molecule has 2 heterocycles. The van der Waals surface area contributed by atoms with Crippen LogP contribution in [0.15, 0.2) is 24.3 Å². The fraction of sp³-hybridized carbons (Fsp3) is 0.533. The fourth-order valence-electron chi connectivity index (χ4n) is 3.25. The minimum Gasteiger partial charge on any atom is -0.382 e. The van der Waals surface area contributed by atoms with Crippen molar-refractivity contribution in [1.29, 1.82) is 0 Å². The van der Waals surface area contributed by atoms with E-state index < -0.39 is 0 Å². The van der Waals surface area contributed by atoms with Gasteiger partial charge < -0.3 is 15.5 Å². The SMILES string of the molecule is CNC(=O)c1cccc(NC2CCN3CCC2C3)c1. The molecule has 0 aromatic heterocycles. The van der Waals surface area contributed by atoms with Gasteiger partial charge in [0.2, 0.25) is 0 Å². The Kier molecular flexibility index (Phi) is 3.42. The summed E-state index contributed by atoms with van der Waals surface area (Å²) >= 11 is 0. The molecule has 1 aromatic rings. The third-order valence-corrected chi connectivity index (χ3v) is 4.34. The Hall–Kier alpha value is -1.55. The highest BCUT2D eigenvalue weighted by atomic mass is 16.1. The highest BCUT2D eigenvalue weighted by Crippen LogP contribution is 2.29. The van der Waals surface area contributed by atoms with Crippen LogP contribution in [0.4, 0.5) is 5.69 Å². The van der Waals surface area contributed by atoms with Crippen LogP contribution in [-0.2, 0) is 0 Å². The molecule has 1 amide bonds. The Bertz CT molecular complexity index is 474. The van der Waals surface area contributed by atoms with Crippen molar-refractivity contribution in [3.63, 3.8) is 0 Å². The van der Waals surface area contributed by atoms with E-state index in [1.807, 2.05) is 24.3 Å². The fourth-order valence-corrected chi connectivity index (χ4v) is 3.25. The third-order valence-electron chi connectivity index (χ3n) is 4.34. The van der Waals surface area contributed by atoms with Crippen molar-refractivity contribution in [3.8, 4) is 0 Å². The Morgan fingerprint density at radius 3 is 3.00 bits per heavy atom. The summed E-state index contributed by atoms with van der Waals surface area (Å²) in [7, 11) is 1.66. The summed E-state index contributed by atoms with van der Waals surface area (Å²) in [6.45, 7) is 3.68. The van der Waals surface area contributed by atoms with Crippen molar-refractivity contribution >= 4 is 11.6 Å². The van der Waals surface area contributed by atoms with E-state index in [0.29, 0.717) is 6.04 Å². The summed E-state index contributed by atoms with van der Waals surface area (Å²) in [5, 5.41) is 6.29. The maximum Gasteiger partial charge on any atom is 0.251 e. The van der Waals surface area contributed by atoms with Gasteiger partial charge in [0.25, 0.3) is 5.91 Å². The van der Waals surface area contributed by atoms with E-state index in [-0.39, 0.29) is 5.91 Å². The molecule has 1 aromatic carbocycles. The molecule has 2 fully saturated rings. The van der Waals surface area contributed by atoms with Crippen LogP contribution in [0, 0.1) is 5.92 Å². The minimum absolute atomic E-state index is 0.0284. The number of nitrogens with one attached hydrogen (secondary N) is 2. The summed E-state index contributed by atoms with van der Waals surface area (Å²) in [4.78, 5) is 14.2. The van der Waals surface area contributed by atoms with Gasteiger partial charge in [-0.1, -0.05) is 6.07 Å². The van der Waals surface area contributed by atoms with Gasteiger partial charge >= 0.3 is 0 Å². The Labute approximate surface area is 114 Å². The number of rotatable bonds is 3. The maximum atomic E-state index is 11.6. The van der Waals surface area contributed by atoms with Crippen LogP contribution in [0.2, 0.25) is 0 Å². The highest BCUT2D eigenvalue weighted by molar-refractivity contribution is 5.94. The van der Waals surface area contributed by atoms with Gasteiger partial charge in [-0.3, -0.25) is 4.79 Å². The second-order valence-electron chi connectivity index (χ2n) is 5.55. The number of piperidine rings is 1. The van der Waals surface area contributed by atoms with Crippen molar-refractivity contribution in [3.05, 3.63) is 29.8 Å². The van der Waals surface area contributed by atoms with Gasteiger partial charge in [-0.15, -0.1) is 0 Å². The molecular weight excluding hydrogens is 238 g/mol. The zero-order chi connectivity index (χ0) is 13.2. The topological polar surface area (TPSA) is 44.4 Å². The van der Waals surface area contributed by atoms with Crippen molar-refractivity contribution in [2.24, 2.45) is 5.92 Å². The van der Waals surface area contributed by atoms with Crippen molar-refractivity contribution in [2.45, 2.75) is 18.9 Å². The summed E-state index contributed by atoms with van der Waals surface area (Å²) < 4.78 is 0. The number of hydrogen-bond donors (Lipinski definition) is 2. The lowest BCUT2D eigenvalue weighted by Gasteiger charge is -2.31. The summed E-state index contributed by atoms with van der Waals surface area (Å²) in [6.07, 6.45) is 2.50. The summed E-state index contributed by atoms with van der Waals surface area (Å²) in [6, 6.07) is 8.34. The molecule has 3 unspecified atom stereocenters. The molecule has 19 heavy (non-hydrogen) atoms. The van der Waals surface area contributed by atoms with Gasteiger partial charge in [0.05, 0.1) is 0 Å². The normalized spacial score (nSPS) is 29.0. The molecule has 0 radical (unpaired) electrons.